The molecule has 0 saturated carbocycles. The van der Waals surface area contributed by atoms with Crippen LogP contribution in [0.4, 0.5) is 5.82 Å². The van der Waals surface area contributed by atoms with E-state index in [1.54, 1.807) is 16.8 Å². The van der Waals surface area contributed by atoms with Gasteiger partial charge >= 0.3 is 0 Å². The summed E-state index contributed by atoms with van der Waals surface area (Å²) in [5.74, 6) is 2.40. The molecular formula is C23H29N7O3. The van der Waals surface area contributed by atoms with E-state index in [1.165, 1.54) is 6.92 Å². The molecule has 4 rings (SSSR count). The van der Waals surface area contributed by atoms with Crippen LogP contribution in [-0.2, 0) is 9.59 Å². The van der Waals surface area contributed by atoms with Crippen molar-refractivity contribution in [1.29, 1.82) is 0 Å². The highest BCUT2D eigenvalue weighted by molar-refractivity contribution is 5.91. The fourth-order valence-corrected chi connectivity index (χ4v) is 4.04. The Balaban J connectivity index is 1.51. The van der Waals surface area contributed by atoms with E-state index >= 15 is 0 Å². The Morgan fingerprint density at radius 1 is 1.12 bits per heavy atom. The van der Waals surface area contributed by atoms with E-state index in [1.807, 2.05) is 32.9 Å². The highest BCUT2D eigenvalue weighted by Crippen LogP contribution is 2.23. The number of nitrogens with one attached hydrogen (secondary N) is 2. The summed E-state index contributed by atoms with van der Waals surface area (Å²) in [4.78, 5) is 35.2. The maximum atomic E-state index is 12.8. The Kier molecular flexibility index (Phi) is 6.55. The molecular weight excluding hydrogens is 422 g/mol. The molecule has 0 atom stereocenters. The molecule has 0 bridgehead atoms. The maximum absolute atomic E-state index is 12.8. The predicted octanol–water partition coefficient (Wildman–Crippen LogP) is 2.39. The molecule has 2 N–H and O–H groups in total. The van der Waals surface area contributed by atoms with Crippen molar-refractivity contribution in [2.75, 3.05) is 25.0 Å². The molecule has 33 heavy (non-hydrogen) atoms. The first kappa shape index (κ1) is 22.7. The standard InChI is InChI=1S/C23H29N7O3/c1-14-11-15(2)30(28-14)21-12-20(26-23(27-21)19-6-5-16(3)33-19)25-22(32)13-29-9-7-18(8-10-29)24-17(4)31/h5-6,11-12,18H,7-10,13H2,1-4H3,(H,24,31)(H,25,26,27,32). The molecule has 1 aliphatic heterocycles. The third-order valence-electron chi connectivity index (χ3n) is 5.53. The van der Waals surface area contributed by atoms with Crippen LogP contribution in [0.5, 0.6) is 0 Å². The molecule has 3 aromatic heterocycles. The summed E-state index contributed by atoms with van der Waals surface area (Å²) < 4.78 is 7.43. The number of nitrogens with zero attached hydrogens (tertiary/aromatic N) is 5. The van der Waals surface area contributed by atoms with Crippen molar-refractivity contribution < 1.29 is 14.0 Å². The van der Waals surface area contributed by atoms with Gasteiger partial charge in [0, 0.05) is 37.8 Å². The molecule has 174 valence electrons. The zero-order valence-corrected chi connectivity index (χ0v) is 19.4. The molecule has 1 fully saturated rings. The van der Waals surface area contributed by atoms with Crippen LogP contribution in [0.15, 0.2) is 28.7 Å². The van der Waals surface area contributed by atoms with Crippen LogP contribution in [-0.4, -0.2) is 62.1 Å². The lowest BCUT2D eigenvalue weighted by Crippen LogP contribution is -2.46. The van der Waals surface area contributed by atoms with Gasteiger partial charge < -0.3 is 15.1 Å². The van der Waals surface area contributed by atoms with Crippen molar-refractivity contribution in [2.24, 2.45) is 0 Å². The first-order chi connectivity index (χ1) is 15.8. The second-order valence-electron chi connectivity index (χ2n) is 8.48. The Morgan fingerprint density at radius 3 is 2.48 bits per heavy atom. The molecule has 0 aromatic carbocycles. The van der Waals surface area contributed by atoms with Crippen molar-refractivity contribution in [3.8, 4) is 17.4 Å². The van der Waals surface area contributed by atoms with Crippen molar-refractivity contribution >= 4 is 17.6 Å². The number of hydrogen-bond donors (Lipinski definition) is 2. The first-order valence-electron chi connectivity index (χ1n) is 11.1. The minimum Gasteiger partial charge on any atom is -0.458 e. The topological polar surface area (TPSA) is 118 Å². The number of aromatic nitrogens is 4. The molecule has 0 aliphatic carbocycles. The number of likely N-dealkylation sites (tertiary alicyclic amines) is 1. The van der Waals surface area contributed by atoms with Gasteiger partial charge in [-0.1, -0.05) is 0 Å². The summed E-state index contributed by atoms with van der Waals surface area (Å²) in [5, 5.41) is 10.4. The van der Waals surface area contributed by atoms with Crippen LogP contribution in [0.2, 0.25) is 0 Å². The fraction of sp³-hybridized carbons (Fsp3) is 0.435. The van der Waals surface area contributed by atoms with Gasteiger partial charge in [0.15, 0.2) is 17.4 Å². The molecule has 1 aliphatic rings. The molecule has 2 amide bonds. The van der Waals surface area contributed by atoms with Crippen molar-refractivity contribution in [2.45, 2.75) is 46.6 Å². The van der Waals surface area contributed by atoms with E-state index in [9.17, 15) is 9.59 Å². The molecule has 0 radical (unpaired) electrons. The van der Waals surface area contributed by atoms with Gasteiger partial charge in [0.25, 0.3) is 0 Å². The monoisotopic (exact) mass is 451 g/mol. The van der Waals surface area contributed by atoms with Crippen molar-refractivity contribution in [1.82, 2.24) is 30.0 Å². The van der Waals surface area contributed by atoms with E-state index in [0.717, 1.165) is 43.1 Å². The van der Waals surface area contributed by atoms with E-state index in [-0.39, 0.29) is 24.4 Å². The molecule has 4 heterocycles. The lowest BCUT2D eigenvalue weighted by molar-refractivity contribution is -0.121. The second-order valence-corrected chi connectivity index (χ2v) is 8.48. The number of rotatable bonds is 6. The van der Waals surface area contributed by atoms with Crippen LogP contribution in [0.1, 0.15) is 36.9 Å². The summed E-state index contributed by atoms with van der Waals surface area (Å²) >= 11 is 0. The largest absolute Gasteiger partial charge is 0.458 e. The molecule has 0 spiro atoms. The minimum absolute atomic E-state index is 0.0177. The van der Waals surface area contributed by atoms with Crippen LogP contribution in [0, 0.1) is 20.8 Å². The Hall–Kier alpha value is -3.53. The zero-order valence-electron chi connectivity index (χ0n) is 19.4. The Bertz CT molecular complexity index is 1160. The highest BCUT2D eigenvalue weighted by atomic mass is 16.3. The smallest absolute Gasteiger partial charge is 0.239 e. The minimum atomic E-state index is -0.160. The van der Waals surface area contributed by atoms with Gasteiger partial charge in [0.05, 0.1) is 12.2 Å². The first-order valence-corrected chi connectivity index (χ1v) is 11.1. The number of carbonyl (C=O) groups is 2. The van der Waals surface area contributed by atoms with Crippen molar-refractivity contribution in [3.63, 3.8) is 0 Å². The van der Waals surface area contributed by atoms with Gasteiger partial charge in [-0.05, 0) is 51.8 Å². The van der Waals surface area contributed by atoms with Crippen LogP contribution < -0.4 is 10.6 Å². The van der Waals surface area contributed by atoms with Gasteiger partial charge in [-0.3, -0.25) is 14.5 Å². The number of aryl methyl sites for hydroxylation is 3. The van der Waals surface area contributed by atoms with Gasteiger partial charge in [-0.2, -0.15) is 5.10 Å². The quantitative estimate of drug-likeness (QED) is 0.591. The van der Waals surface area contributed by atoms with Gasteiger partial charge in [-0.25, -0.2) is 14.6 Å². The number of anilines is 1. The van der Waals surface area contributed by atoms with Crippen LogP contribution in [0.3, 0.4) is 0 Å². The zero-order chi connectivity index (χ0) is 23.5. The molecule has 3 aromatic rings. The van der Waals surface area contributed by atoms with Crippen molar-refractivity contribution in [3.05, 3.63) is 41.4 Å². The fourth-order valence-electron chi connectivity index (χ4n) is 4.04. The molecule has 10 nitrogen and oxygen atoms in total. The van der Waals surface area contributed by atoms with Gasteiger partial charge in [-0.15, -0.1) is 0 Å². The number of hydrogen-bond acceptors (Lipinski definition) is 7. The average Bonchev–Trinajstić information content (AvgIpc) is 3.33. The van der Waals surface area contributed by atoms with Gasteiger partial charge in [0.2, 0.25) is 11.8 Å². The van der Waals surface area contributed by atoms with E-state index < -0.39 is 0 Å². The maximum Gasteiger partial charge on any atom is 0.239 e. The SMILES string of the molecule is CC(=O)NC1CCN(CC(=O)Nc2cc(-n3nc(C)cc3C)nc(-c3ccc(C)o3)n2)CC1. The number of amides is 2. The number of piperidine rings is 1. The van der Waals surface area contributed by atoms with E-state index in [0.29, 0.717) is 23.2 Å². The Morgan fingerprint density at radius 2 is 1.88 bits per heavy atom. The summed E-state index contributed by atoms with van der Waals surface area (Å²) in [7, 11) is 0. The normalized spacial score (nSPS) is 14.9. The number of furan rings is 1. The Labute approximate surface area is 192 Å². The molecule has 1 saturated heterocycles. The molecule has 10 heteroatoms. The van der Waals surface area contributed by atoms with E-state index in [2.05, 4.69) is 30.6 Å². The molecule has 0 unspecified atom stereocenters. The average molecular weight is 452 g/mol. The highest BCUT2D eigenvalue weighted by Gasteiger charge is 2.22. The predicted molar refractivity (Wildman–Crippen MR) is 123 cm³/mol. The van der Waals surface area contributed by atoms with Crippen LogP contribution >= 0.6 is 0 Å². The van der Waals surface area contributed by atoms with Crippen LogP contribution in [0.25, 0.3) is 17.4 Å². The number of carbonyl (C=O) groups excluding carboxylic acids is 2. The third-order valence-corrected chi connectivity index (χ3v) is 5.53. The second kappa shape index (κ2) is 9.53. The third kappa shape index (κ3) is 5.64. The lowest BCUT2D eigenvalue weighted by atomic mass is 10.1. The summed E-state index contributed by atoms with van der Waals surface area (Å²) in [6.45, 7) is 8.99. The van der Waals surface area contributed by atoms with E-state index in [4.69, 9.17) is 4.42 Å². The lowest BCUT2D eigenvalue weighted by Gasteiger charge is -2.31. The summed E-state index contributed by atoms with van der Waals surface area (Å²) in [6.07, 6.45) is 1.65. The summed E-state index contributed by atoms with van der Waals surface area (Å²) in [5.41, 5.74) is 1.79. The van der Waals surface area contributed by atoms with Gasteiger partial charge in [0.1, 0.15) is 11.6 Å². The summed E-state index contributed by atoms with van der Waals surface area (Å²) in [6, 6.07) is 7.49.